The van der Waals surface area contributed by atoms with E-state index in [4.69, 9.17) is 21.4 Å². The van der Waals surface area contributed by atoms with Crippen LogP contribution in [-0.4, -0.2) is 41.6 Å². The number of likely N-dealkylation sites (tertiary alicyclic amines) is 1. The molecule has 1 aliphatic heterocycles. The lowest BCUT2D eigenvalue weighted by Gasteiger charge is -2.14. The van der Waals surface area contributed by atoms with Crippen LogP contribution in [0.15, 0.2) is 18.2 Å². The number of likely N-dealkylation sites (N-methyl/N-ethyl adjacent to an activating group) is 1. The van der Waals surface area contributed by atoms with Gasteiger partial charge in [0.2, 0.25) is 0 Å². The molecule has 18 heavy (non-hydrogen) atoms. The summed E-state index contributed by atoms with van der Waals surface area (Å²) in [6, 6.07) is 4.25. The lowest BCUT2D eigenvalue weighted by molar-refractivity contribution is -0.132. The largest absolute Gasteiger partial charge is 0.480 e. The van der Waals surface area contributed by atoms with Crippen LogP contribution in [0.1, 0.15) is 16.8 Å². The Labute approximate surface area is 109 Å². The van der Waals surface area contributed by atoms with Crippen molar-refractivity contribution in [1.29, 1.82) is 0 Å². The zero-order valence-electron chi connectivity index (χ0n) is 9.72. The number of carbonyl (C=O) groups excluding carboxylic acids is 1. The van der Waals surface area contributed by atoms with E-state index < -0.39 is 12.1 Å². The zero-order valence-corrected chi connectivity index (χ0v) is 10.5. The second-order valence-corrected chi connectivity index (χ2v) is 4.54. The number of ether oxygens (including phenoxy) is 1. The zero-order chi connectivity index (χ0) is 13.3. The number of carbonyl (C=O) groups is 2. The summed E-state index contributed by atoms with van der Waals surface area (Å²) in [5.41, 5.74) is 0.00162. The van der Waals surface area contributed by atoms with Gasteiger partial charge in [-0.25, -0.2) is 4.79 Å². The normalized spacial score (nSPS) is 19.1. The first kappa shape index (κ1) is 12.7. The van der Waals surface area contributed by atoms with Crippen LogP contribution in [0.2, 0.25) is 5.02 Å². The summed E-state index contributed by atoms with van der Waals surface area (Å²) < 4.78 is 5.47. The van der Waals surface area contributed by atoms with Crippen molar-refractivity contribution in [1.82, 2.24) is 4.90 Å². The van der Waals surface area contributed by atoms with Gasteiger partial charge in [0.1, 0.15) is 11.3 Å². The Kier molecular flexibility index (Phi) is 3.43. The SMILES string of the molecule is CN1CCC(Oc2cc(Cl)ccc2C(=O)O)C1=O. The summed E-state index contributed by atoms with van der Waals surface area (Å²) in [6.45, 7) is 0.604. The smallest absolute Gasteiger partial charge is 0.339 e. The number of rotatable bonds is 3. The first-order valence-electron chi connectivity index (χ1n) is 5.43. The highest BCUT2D eigenvalue weighted by Crippen LogP contribution is 2.26. The average Bonchev–Trinajstić information content (AvgIpc) is 2.61. The molecular formula is C12H12ClNO4. The van der Waals surface area contributed by atoms with E-state index in [2.05, 4.69) is 0 Å². The van der Waals surface area contributed by atoms with Crippen molar-refractivity contribution in [2.45, 2.75) is 12.5 Å². The molecule has 2 rings (SSSR count). The molecule has 1 atom stereocenters. The molecule has 5 nitrogen and oxygen atoms in total. The monoisotopic (exact) mass is 269 g/mol. The second kappa shape index (κ2) is 4.86. The van der Waals surface area contributed by atoms with E-state index in [9.17, 15) is 9.59 Å². The molecule has 1 aliphatic rings. The lowest BCUT2D eigenvalue weighted by Crippen LogP contribution is -2.29. The van der Waals surface area contributed by atoms with Gasteiger partial charge in [0.25, 0.3) is 5.91 Å². The van der Waals surface area contributed by atoms with Crippen molar-refractivity contribution in [3.8, 4) is 5.75 Å². The number of halogens is 1. The summed E-state index contributed by atoms with van der Waals surface area (Å²) in [4.78, 5) is 24.3. The van der Waals surface area contributed by atoms with Gasteiger partial charge in [-0.15, -0.1) is 0 Å². The highest BCUT2D eigenvalue weighted by atomic mass is 35.5. The van der Waals surface area contributed by atoms with Crippen LogP contribution in [0.5, 0.6) is 5.75 Å². The maximum atomic E-state index is 11.7. The lowest BCUT2D eigenvalue weighted by atomic mass is 10.2. The molecule has 0 radical (unpaired) electrons. The van der Waals surface area contributed by atoms with Crippen molar-refractivity contribution in [3.05, 3.63) is 28.8 Å². The topological polar surface area (TPSA) is 66.8 Å². The second-order valence-electron chi connectivity index (χ2n) is 4.10. The molecule has 1 N–H and O–H groups in total. The fraction of sp³-hybridized carbons (Fsp3) is 0.333. The molecule has 1 amide bonds. The number of carboxylic acid groups (broad SMARTS) is 1. The molecule has 96 valence electrons. The summed E-state index contributed by atoms with van der Waals surface area (Å²) in [6.07, 6.45) is -0.0902. The van der Waals surface area contributed by atoms with E-state index in [-0.39, 0.29) is 17.2 Å². The van der Waals surface area contributed by atoms with Gasteiger partial charge in [0.15, 0.2) is 6.10 Å². The number of benzene rings is 1. The Hall–Kier alpha value is -1.75. The highest BCUT2D eigenvalue weighted by Gasteiger charge is 2.31. The molecule has 1 aromatic carbocycles. The van der Waals surface area contributed by atoms with Crippen LogP contribution in [-0.2, 0) is 4.79 Å². The molecule has 0 bridgehead atoms. The van der Waals surface area contributed by atoms with Gasteiger partial charge >= 0.3 is 5.97 Å². The summed E-state index contributed by atoms with van der Waals surface area (Å²) in [5, 5.41) is 9.40. The summed E-state index contributed by atoms with van der Waals surface area (Å²) >= 11 is 5.80. The Morgan fingerprint density at radius 3 is 2.83 bits per heavy atom. The van der Waals surface area contributed by atoms with Crippen LogP contribution in [0, 0.1) is 0 Å². The minimum Gasteiger partial charge on any atom is -0.480 e. The predicted octanol–water partition coefficient (Wildman–Crippen LogP) is 1.65. The van der Waals surface area contributed by atoms with Crippen LogP contribution in [0.25, 0.3) is 0 Å². The third kappa shape index (κ3) is 2.41. The Bertz CT molecular complexity index is 503. The molecule has 1 saturated heterocycles. The molecular weight excluding hydrogens is 258 g/mol. The van der Waals surface area contributed by atoms with Crippen molar-refractivity contribution in [2.24, 2.45) is 0 Å². The molecule has 0 spiro atoms. The Morgan fingerprint density at radius 1 is 1.56 bits per heavy atom. The van der Waals surface area contributed by atoms with E-state index in [1.165, 1.54) is 18.2 Å². The molecule has 1 fully saturated rings. The van der Waals surface area contributed by atoms with Gasteiger partial charge in [-0.2, -0.15) is 0 Å². The number of amides is 1. The van der Waals surface area contributed by atoms with Gasteiger partial charge in [0, 0.05) is 25.0 Å². The third-order valence-electron chi connectivity index (χ3n) is 2.82. The number of hydrogen-bond acceptors (Lipinski definition) is 3. The Morgan fingerprint density at radius 2 is 2.28 bits per heavy atom. The molecule has 0 saturated carbocycles. The van der Waals surface area contributed by atoms with Crippen LogP contribution in [0.4, 0.5) is 0 Å². The average molecular weight is 270 g/mol. The molecule has 1 aromatic rings. The van der Waals surface area contributed by atoms with Crippen molar-refractivity contribution in [2.75, 3.05) is 13.6 Å². The highest BCUT2D eigenvalue weighted by molar-refractivity contribution is 6.30. The quantitative estimate of drug-likeness (QED) is 0.906. The molecule has 6 heteroatoms. The van der Waals surface area contributed by atoms with Crippen molar-refractivity contribution < 1.29 is 19.4 Å². The minimum absolute atomic E-state index is 0.00162. The third-order valence-corrected chi connectivity index (χ3v) is 3.06. The Balaban J connectivity index is 2.25. The van der Waals surface area contributed by atoms with E-state index in [0.717, 1.165) is 0 Å². The van der Waals surface area contributed by atoms with Gasteiger partial charge in [-0.1, -0.05) is 11.6 Å². The van der Waals surface area contributed by atoms with Crippen molar-refractivity contribution in [3.63, 3.8) is 0 Å². The van der Waals surface area contributed by atoms with Crippen molar-refractivity contribution >= 4 is 23.5 Å². The summed E-state index contributed by atoms with van der Waals surface area (Å²) in [5.74, 6) is -1.13. The molecule has 0 aromatic heterocycles. The van der Waals surface area contributed by atoms with Crippen LogP contribution < -0.4 is 4.74 Å². The number of carboxylic acids is 1. The molecule has 1 unspecified atom stereocenters. The molecule has 1 heterocycles. The maximum Gasteiger partial charge on any atom is 0.339 e. The standard InChI is InChI=1S/C12H12ClNO4/c1-14-5-4-9(11(14)15)18-10-6-7(13)2-3-8(10)12(16)17/h2-3,6,9H,4-5H2,1H3,(H,16,17). The van der Waals surface area contributed by atoms with E-state index in [0.29, 0.717) is 18.0 Å². The van der Waals surface area contributed by atoms with Crippen LogP contribution >= 0.6 is 11.6 Å². The number of nitrogens with zero attached hydrogens (tertiary/aromatic N) is 1. The van der Waals surface area contributed by atoms with Gasteiger partial charge in [-0.05, 0) is 18.2 Å². The van der Waals surface area contributed by atoms with Gasteiger partial charge in [0.05, 0.1) is 0 Å². The predicted molar refractivity (Wildman–Crippen MR) is 65.1 cm³/mol. The van der Waals surface area contributed by atoms with E-state index >= 15 is 0 Å². The maximum absolute atomic E-state index is 11.7. The first-order valence-corrected chi connectivity index (χ1v) is 5.81. The minimum atomic E-state index is -1.11. The number of hydrogen-bond donors (Lipinski definition) is 1. The van der Waals surface area contributed by atoms with Gasteiger partial charge < -0.3 is 14.7 Å². The molecule has 0 aliphatic carbocycles. The van der Waals surface area contributed by atoms with E-state index in [1.807, 2.05) is 0 Å². The van der Waals surface area contributed by atoms with Gasteiger partial charge in [-0.3, -0.25) is 4.79 Å². The fourth-order valence-corrected chi connectivity index (χ4v) is 1.99. The fourth-order valence-electron chi connectivity index (χ4n) is 1.82. The first-order chi connectivity index (χ1) is 8.49. The number of aromatic carboxylic acids is 1. The van der Waals surface area contributed by atoms with Crippen LogP contribution in [0.3, 0.4) is 0 Å². The van der Waals surface area contributed by atoms with E-state index in [1.54, 1.807) is 11.9 Å². The summed E-state index contributed by atoms with van der Waals surface area (Å²) in [7, 11) is 1.68.